The van der Waals surface area contributed by atoms with Crippen molar-refractivity contribution >= 4 is 0 Å². The summed E-state index contributed by atoms with van der Waals surface area (Å²) >= 11 is 0. The Balaban J connectivity index is 2.31. The molecule has 3 N–H and O–H groups in total. The Morgan fingerprint density at radius 1 is 1.31 bits per heavy atom. The third kappa shape index (κ3) is 3.55. The number of nitrogens with zero attached hydrogens (tertiary/aromatic N) is 2. The molecule has 4 nitrogen and oxygen atoms in total. The van der Waals surface area contributed by atoms with E-state index in [1.807, 2.05) is 0 Å². The number of nitrogens with one attached hydrogen (secondary N) is 1. The first-order chi connectivity index (χ1) is 6.36. The van der Waals surface area contributed by atoms with Crippen molar-refractivity contribution in [3.8, 4) is 0 Å². The van der Waals surface area contributed by atoms with E-state index >= 15 is 0 Å². The SMILES string of the molecule is CCCc1nc(CCCCN)n[nH]1. The smallest absolute Gasteiger partial charge is 0.150 e. The van der Waals surface area contributed by atoms with Crippen molar-refractivity contribution in [2.45, 2.75) is 39.0 Å². The number of aromatic amines is 1. The summed E-state index contributed by atoms with van der Waals surface area (Å²) in [6.45, 7) is 2.89. The second-order valence-corrected chi connectivity index (χ2v) is 3.19. The van der Waals surface area contributed by atoms with Crippen molar-refractivity contribution in [3.63, 3.8) is 0 Å². The van der Waals surface area contributed by atoms with Gasteiger partial charge in [-0.1, -0.05) is 6.92 Å². The maximum Gasteiger partial charge on any atom is 0.150 e. The molecule has 0 bridgehead atoms. The molecule has 0 atom stereocenters. The van der Waals surface area contributed by atoms with Gasteiger partial charge >= 0.3 is 0 Å². The highest BCUT2D eigenvalue weighted by molar-refractivity contribution is 4.90. The zero-order valence-electron chi connectivity index (χ0n) is 8.21. The van der Waals surface area contributed by atoms with E-state index in [-0.39, 0.29) is 0 Å². The molecule has 1 rings (SSSR count). The van der Waals surface area contributed by atoms with Crippen LogP contribution in [0.4, 0.5) is 0 Å². The molecular weight excluding hydrogens is 164 g/mol. The number of aromatic nitrogens is 3. The highest BCUT2D eigenvalue weighted by Gasteiger charge is 2.00. The van der Waals surface area contributed by atoms with Gasteiger partial charge in [-0.3, -0.25) is 5.10 Å². The minimum atomic E-state index is 0.756. The van der Waals surface area contributed by atoms with E-state index in [1.165, 1.54) is 0 Å². The molecule has 0 unspecified atom stereocenters. The van der Waals surface area contributed by atoms with Crippen LogP contribution >= 0.6 is 0 Å². The Morgan fingerprint density at radius 3 is 2.85 bits per heavy atom. The van der Waals surface area contributed by atoms with Gasteiger partial charge in [0.15, 0.2) is 5.82 Å². The second-order valence-electron chi connectivity index (χ2n) is 3.19. The molecule has 0 spiro atoms. The summed E-state index contributed by atoms with van der Waals surface area (Å²) in [5, 5.41) is 7.07. The van der Waals surface area contributed by atoms with Crippen LogP contribution in [0.1, 0.15) is 37.8 Å². The van der Waals surface area contributed by atoms with Crippen molar-refractivity contribution < 1.29 is 0 Å². The molecule has 0 fully saturated rings. The summed E-state index contributed by atoms with van der Waals surface area (Å²) in [5.74, 6) is 1.93. The predicted octanol–water partition coefficient (Wildman–Crippen LogP) is 1.04. The van der Waals surface area contributed by atoms with Gasteiger partial charge in [0.2, 0.25) is 0 Å². The lowest BCUT2D eigenvalue weighted by Gasteiger charge is -1.92. The second kappa shape index (κ2) is 5.70. The minimum absolute atomic E-state index is 0.756. The lowest BCUT2D eigenvalue weighted by Crippen LogP contribution is -1.99. The highest BCUT2D eigenvalue weighted by Crippen LogP contribution is 2.00. The maximum atomic E-state index is 5.40. The van der Waals surface area contributed by atoms with Crippen LogP contribution in [0, 0.1) is 0 Å². The molecule has 0 aliphatic carbocycles. The van der Waals surface area contributed by atoms with Crippen LogP contribution in [-0.2, 0) is 12.8 Å². The molecule has 0 aliphatic heterocycles. The van der Waals surface area contributed by atoms with Crippen LogP contribution in [0.15, 0.2) is 0 Å². The number of hydrogen-bond donors (Lipinski definition) is 2. The summed E-state index contributed by atoms with van der Waals surface area (Å²) in [4.78, 5) is 4.36. The molecule has 0 aliphatic rings. The monoisotopic (exact) mass is 182 g/mol. The fraction of sp³-hybridized carbons (Fsp3) is 0.778. The molecule has 0 aromatic carbocycles. The molecule has 1 aromatic rings. The normalized spacial score (nSPS) is 10.6. The Hall–Kier alpha value is -0.900. The molecule has 13 heavy (non-hydrogen) atoms. The van der Waals surface area contributed by atoms with Gasteiger partial charge in [-0.05, 0) is 25.8 Å². The van der Waals surface area contributed by atoms with E-state index < -0.39 is 0 Å². The maximum absolute atomic E-state index is 5.40. The molecule has 74 valence electrons. The van der Waals surface area contributed by atoms with Gasteiger partial charge in [0.25, 0.3) is 0 Å². The largest absolute Gasteiger partial charge is 0.330 e. The Kier molecular flexibility index (Phi) is 4.46. The summed E-state index contributed by atoms with van der Waals surface area (Å²) < 4.78 is 0. The number of hydrogen-bond acceptors (Lipinski definition) is 3. The molecule has 1 heterocycles. The highest BCUT2D eigenvalue weighted by atomic mass is 15.2. The molecule has 0 saturated heterocycles. The molecule has 1 aromatic heterocycles. The lowest BCUT2D eigenvalue weighted by molar-refractivity contribution is 0.718. The Bertz CT molecular complexity index is 231. The molecular formula is C9H18N4. The first kappa shape index (κ1) is 10.2. The van der Waals surface area contributed by atoms with Crippen LogP contribution in [0.25, 0.3) is 0 Å². The molecule has 4 heteroatoms. The van der Waals surface area contributed by atoms with Gasteiger partial charge in [0.05, 0.1) is 0 Å². The van der Waals surface area contributed by atoms with Crippen LogP contribution in [0.5, 0.6) is 0 Å². The van der Waals surface area contributed by atoms with Crippen LogP contribution in [0.3, 0.4) is 0 Å². The molecule has 0 saturated carbocycles. The number of nitrogens with two attached hydrogens (primary N) is 1. The molecule has 0 amide bonds. The summed E-state index contributed by atoms with van der Waals surface area (Å²) in [6.07, 6.45) is 5.18. The van der Waals surface area contributed by atoms with Crippen molar-refractivity contribution in [3.05, 3.63) is 11.6 Å². The Morgan fingerprint density at radius 2 is 2.15 bits per heavy atom. The lowest BCUT2D eigenvalue weighted by atomic mass is 10.2. The van der Waals surface area contributed by atoms with E-state index in [9.17, 15) is 0 Å². The van der Waals surface area contributed by atoms with Crippen LogP contribution < -0.4 is 5.73 Å². The average molecular weight is 182 g/mol. The van der Waals surface area contributed by atoms with Crippen LogP contribution in [-0.4, -0.2) is 21.7 Å². The van der Waals surface area contributed by atoms with E-state index in [4.69, 9.17) is 5.73 Å². The predicted molar refractivity (Wildman–Crippen MR) is 52.4 cm³/mol. The van der Waals surface area contributed by atoms with Crippen molar-refractivity contribution in [1.82, 2.24) is 15.2 Å². The van der Waals surface area contributed by atoms with Crippen molar-refractivity contribution in [1.29, 1.82) is 0 Å². The number of aryl methyl sites for hydroxylation is 2. The average Bonchev–Trinajstić information content (AvgIpc) is 2.54. The van der Waals surface area contributed by atoms with Gasteiger partial charge in [-0.2, -0.15) is 5.10 Å². The van der Waals surface area contributed by atoms with E-state index in [0.29, 0.717) is 0 Å². The van der Waals surface area contributed by atoms with E-state index in [1.54, 1.807) is 0 Å². The van der Waals surface area contributed by atoms with Gasteiger partial charge in [-0.15, -0.1) is 0 Å². The summed E-state index contributed by atoms with van der Waals surface area (Å²) in [5.41, 5.74) is 5.40. The fourth-order valence-electron chi connectivity index (χ4n) is 1.22. The Labute approximate surface area is 78.9 Å². The van der Waals surface area contributed by atoms with Gasteiger partial charge < -0.3 is 5.73 Å². The van der Waals surface area contributed by atoms with Gasteiger partial charge in [0, 0.05) is 12.8 Å². The quantitative estimate of drug-likeness (QED) is 0.646. The first-order valence-corrected chi connectivity index (χ1v) is 4.97. The van der Waals surface area contributed by atoms with E-state index in [0.717, 1.165) is 50.3 Å². The summed E-state index contributed by atoms with van der Waals surface area (Å²) in [6, 6.07) is 0. The third-order valence-corrected chi connectivity index (χ3v) is 1.92. The summed E-state index contributed by atoms with van der Waals surface area (Å²) in [7, 11) is 0. The third-order valence-electron chi connectivity index (χ3n) is 1.92. The number of rotatable bonds is 6. The van der Waals surface area contributed by atoms with Gasteiger partial charge in [0.1, 0.15) is 5.82 Å². The van der Waals surface area contributed by atoms with Crippen molar-refractivity contribution in [2.75, 3.05) is 6.54 Å². The molecule has 0 radical (unpaired) electrons. The zero-order valence-corrected chi connectivity index (χ0v) is 8.21. The van der Waals surface area contributed by atoms with E-state index in [2.05, 4.69) is 22.1 Å². The first-order valence-electron chi connectivity index (χ1n) is 4.97. The zero-order chi connectivity index (χ0) is 9.52. The number of unbranched alkanes of at least 4 members (excludes halogenated alkanes) is 1. The van der Waals surface area contributed by atoms with Crippen LogP contribution in [0.2, 0.25) is 0 Å². The standard InChI is InChI=1S/C9H18N4/c1-2-5-8-11-9(13-12-8)6-3-4-7-10/h2-7,10H2,1H3,(H,11,12,13). The topological polar surface area (TPSA) is 67.6 Å². The van der Waals surface area contributed by atoms with Crippen molar-refractivity contribution in [2.24, 2.45) is 5.73 Å². The fourth-order valence-corrected chi connectivity index (χ4v) is 1.22. The number of H-pyrrole nitrogens is 1. The van der Waals surface area contributed by atoms with Gasteiger partial charge in [-0.25, -0.2) is 4.98 Å². The minimum Gasteiger partial charge on any atom is -0.330 e.